The molecule has 5 nitrogen and oxygen atoms in total. The number of rotatable bonds is 5. The van der Waals surface area contributed by atoms with Crippen LogP contribution >= 0.6 is 11.3 Å². The topological polar surface area (TPSA) is 55.6 Å². The molecular weight excluding hydrogens is 222 g/mol. The molecule has 0 saturated carbocycles. The van der Waals surface area contributed by atoms with Gasteiger partial charge in [-0.1, -0.05) is 0 Å². The molecule has 1 N–H and O–H groups in total. The van der Waals surface area contributed by atoms with E-state index in [1.54, 1.807) is 24.0 Å². The van der Waals surface area contributed by atoms with E-state index >= 15 is 0 Å². The van der Waals surface area contributed by atoms with E-state index < -0.39 is 0 Å². The third kappa shape index (κ3) is 3.11. The zero-order valence-corrected chi connectivity index (χ0v) is 10.2. The van der Waals surface area contributed by atoms with Crippen molar-refractivity contribution in [1.82, 2.24) is 25.1 Å². The summed E-state index contributed by atoms with van der Waals surface area (Å²) in [4.78, 5) is 9.40. The lowest BCUT2D eigenvalue weighted by Crippen LogP contribution is -2.29. The lowest BCUT2D eigenvalue weighted by atomic mass is 10.3. The molecule has 0 amide bonds. The number of aryl methyl sites for hydroxylation is 1. The van der Waals surface area contributed by atoms with Crippen molar-refractivity contribution in [2.45, 2.75) is 33.0 Å². The van der Waals surface area contributed by atoms with E-state index in [4.69, 9.17) is 0 Å². The molecule has 2 aromatic rings. The van der Waals surface area contributed by atoms with Gasteiger partial charge in [-0.05, 0) is 13.8 Å². The van der Waals surface area contributed by atoms with Gasteiger partial charge in [0.05, 0.1) is 11.6 Å². The summed E-state index contributed by atoms with van der Waals surface area (Å²) in [7, 11) is 0. The van der Waals surface area contributed by atoms with Crippen molar-refractivity contribution >= 4 is 11.3 Å². The van der Waals surface area contributed by atoms with E-state index in [0.717, 1.165) is 18.1 Å². The monoisotopic (exact) mass is 237 g/mol. The SMILES string of the molecule is Cc1ncc(CNC(C)Cn2cncn2)s1. The Morgan fingerprint density at radius 2 is 2.44 bits per heavy atom. The third-order valence-corrected chi connectivity index (χ3v) is 3.13. The minimum absolute atomic E-state index is 0.365. The van der Waals surface area contributed by atoms with Crippen molar-refractivity contribution in [1.29, 1.82) is 0 Å². The van der Waals surface area contributed by atoms with Crippen molar-refractivity contribution in [3.05, 3.63) is 28.7 Å². The fourth-order valence-corrected chi connectivity index (χ4v) is 2.18. The van der Waals surface area contributed by atoms with Crippen LogP contribution < -0.4 is 5.32 Å². The summed E-state index contributed by atoms with van der Waals surface area (Å²) < 4.78 is 1.83. The van der Waals surface area contributed by atoms with E-state index in [1.807, 2.05) is 17.8 Å². The summed E-state index contributed by atoms with van der Waals surface area (Å²) in [6.45, 7) is 5.85. The maximum absolute atomic E-state index is 4.22. The van der Waals surface area contributed by atoms with E-state index in [1.165, 1.54) is 4.88 Å². The molecule has 0 aliphatic carbocycles. The van der Waals surface area contributed by atoms with Gasteiger partial charge < -0.3 is 5.32 Å². The lowest BCUT2D eigenvalue weighted by Gasteiger charge is -2.12. The summed E-state index contributed by atoms with van der Waals surface area (Å²) in [6, 6.07) is 0.365. The summed E-state index contributed by atoms with van der Waals surface area (Å²) in [6.07, 6.45) is 5.21. The van der Waals surface area contributed by atoms with Gasteiger partial charge in [-0.3, -0.25) is 4.68 Å². The highest BCUT2D eigenvalue weighted by Crippen LogP contribution is 2.10. The zero-order chi connectivity index (χ0) is 11.4. The molecule has 1 unspecified atom stereocenters. The predicted octanol–water partition coefficient (Wildman–Crippen LogP) is 1.22. The van der Waals surface area contributed by atoms with Crippen molar-refractivity contribution in [2.24, 2.45) is 0 Å². The zero-order valence-electron chi connectivity index (χ0n) is 9.42. The molecule has 6 heteroatoms. The minimum atomic E-state index is 0.365. The molecule has 0 saturated heterocycles. The average molecular weight is 237 g/mol. The third-order valence-electron chi connectivity index (χ3n) is 2.22. The number of nitrogens with zero attached hydrogens (tertiary/aromatic N) is 4. The number of hydrogen-bond acceptors (Lipinski definition) is 5. The van der Waals surface area contributed by atoms with Gasteiger partial charge in [0.2, 0.25) is 0 Å². The largest absolute Gasteiger partial charge is 0.307 e. The minimum Gasteiger partial charge on any atom is -0.307 e. The van der Waals surface area contributed by atoms with E-state index in [-0.39, 0.29) is 0 Å². The second kappa shape index (κ2) is 5.18. The highest BCUT2D eigenvalue weighted by Gasteiger charge is 2.04. The maximum atomic E-state index is 4.22. The molecule has 2 heterocycles. The van der Waals surface area contributed by atoms with Crippen molar-refractivity contribution in [3.63, 3.8) is 0 Å². The van der Waals surface area contributed by atoms with Crippen LogP contribution in [0.15, 0.2) is 18.9 Å². The molecule has 0 spiro atoms. The fraction of sp³-hybridized carbons (Fsp3) is 0.500. The smallest absolute Gasteiger partial charge is 0.137 e. The molecule has 0 radical (unpaired) electrons. The Morgan fingerprint density at radius 1 is 1.56 bits per heavy atom. The molecule has 16 heavy (non-hydrogen) atoms. The van der Waals surface area contributed by atoms with Gasteiger partial charge in [-0.25, -0.2) is 9.97 Å². The van der Waals surface area contributed by atoms with Crippen LogP contribution in [-0.4, -0.2) is 25.8 Å². The molecule has 0 fully saturated rings. The van der Waals surface area contributed by atoms with E-state index in [9.17, 15) is 0 Å². The first-order chi connectivity index (χ1) is 7.74. The molecule has 0 aliphatic rings. The Balaban J connectivity index is 1.77. The van der Waals surface area contributed by atoms with Gasteiger partial charge in [0, 0.05) is 23.7 Å². The Kier molecular flexibility index (Phi) is 3.63. The molecule has 2 aromatic heterocycles. The van der Waals surface area contributed by atoms with E-state index in [0.29, 0.717) is 6.04 Å². The van der Waals surface area contributed by atoms with Gasteiger partial charge in [0.1, 0.15) is 12.7 Å². The molecule has 1 atom stereocenters. The second-order valence-electron chi connectivity index (χ2n) is 3.75. The van der Waals surface area contributed by atoms with Crippen LogP contribution in [0.1, 0.15) is 16.8 Å². The average Bonchev–Trinajstić information content (AvgIpc) is 2.87. The summed E-state index contributed by atoms with van der Waals surface area (Å²) in [5.41, 5.74) is 0. The number of thiazole rings is 1. The van der Waals surface area contributed by atoms with Crippen molar-refractivity contribution in [2.75, 3.05) is 0 Å². The predicted molar refractivity (Wildman–Crippen MR) is 63.2 cm³/mol. The molecule has 0 aromatic carbocycles. The van der Waals surface area contributed by atoms with Crippen molar-refractivity contribution in [3.8, 4) is 0 Å². The summed E-state index contributed by atoms with van der Waals surface area (Å²) in [5, 5.41) is 8.62. The lowest BCUT2D eigenvalue weighted by molar-refractivity contribution is 0.451. The van der Waals surface area contributed by atoms with Crippen LogP contribution in [0, 0.1) is 6.92 Å². The Bertz CT molecular complexity index is 422. The van der Waals surface area contributed by atoms with Gasteiger partial charge >= 0.3 is 0 Å². The van der Waals surface area contributed by atoms with Gasteiger partial charge in [-0.2, -0.15) is 5.10 Å². The highest BCUT2D eigenvalue weighted by atomic mass is 32.1. The quantitative estimate of drug-likeness (QED) is 0.849. The summed E-state index contributed by atoms with van der Waals surface area (Å²) >= 11 is 1.73. The first-order valence-electron chi connectivity index (χ1n) is 5.21. The molecule has 2 rings (SSSR count). The Morgan fingerprint density at radius 3 is 3.06 bits per heavy atom. The fourth-order valence-electron chi connectivity index (χ4n) is 1.43. The highest BCUT2D eigenvalue weighted by molar-refractivity contribution is 7.11. The van der Waals surface area contributed by atoms with Crippen LogP contribution in [0.25, 0.3) is 0 Å². The Labute approximate surface area is 98.5 Å². The maximum Gasteiger partial charge on any atom is 0.137 e. The standard InChI is InChI=1S/C10H15N5S/c1-8(5-15-7-11-6-14-15)12-3-10-4-13-9(2)16-10/h4,6-8,12H,3,5H2,1-2H3. The van der Waals surface area contributed by atoms with Crippen LogP contribution in [0.4, 0.5) is 0 Å². The van der Waals surface area contributed by atoms with E-state index in [2.05, 4.69) is 27.3 Å². The van der Waals surface area contributed by atoms with Crippen LogP contribution in [-0.2, 0) is 13.1 Å². The second-order valence-corrected chi connectivity index (χ2v) is 5.06. The van der Waals surface area contributed by atoms with Gasteiger partial charge in [0.15, 0.2) is 0 Å². The number of nitrogens with one attached hydrogen (secondary N) is 1. The normalized spacial score (nSPS) is 12.9. The van der Waals surface area contributed by atoms with Crippen LogP contribution in [0.3, 0.4) is 0 Å². The summed E-state index contributed by atoms with van der Waals surface area (Å²) in [5.74, 6) is 0. The first kappa shape index (κ1) is 11.2. The molecular formula is C10H15N5S. The molecule has 86 valence electrons. The van der Waals surface area contributed by atoms with Gasteiger partial charge in [0.25, 0.3) is 0 Å². The molecule has 0 aliphatic heterocycles. The number of hydrogen-bond donors (Lipinski definition) is 1. The molecule has 0 bridgehead atoms. The van der Waals surface area contributed by atoms with Crippen LogP contribution in [0.2, 0.25) is 0 Å². The van der Waals surface area contributed by atoms with Crippen molar-refractivity contribution < 1.29 is 0 Å². The van der Waals surface area contributed by atoms with Crippen LogP contribution in [0.5, 0.6) is 0 Å². The first-order valence-corrected chi connectivity index (χ1v) is 6.03. The number of aromatic nitrogens is 4. The Hall–Kier alpha value is -1.27. The van der Waals surface area contributed by atoms with Gasteiger partial charge in [-0.15, -0.1) is 11.3 Å².